The van der Waals surface area contributed by atoms with Gasteiger partial charge in [-0.25, -0.2) is 9.59 Å². The first-order chi connectivity index (χ1) is 14.0. The molecule has 8 nitrogen and oxygen atoms in total. The van der Waals surface area contributed by atoms with Crippen molar-refractivity contribution < 1.29 is 28.6 Å². The molecular weight excluding hydrogens is 404 g/mol. The average molecular weight is 433 g/mol. The Labute approximate surface area is 177 Å². The predicted molar refractivity (Wildman–Crippen MR) is 114 cm³/mol. The zero-order valence-electron chi connectivity index (χ0n) is 18.3. The zero-order chi connectivity index (χ0) is 22.5. The maximum atomic E-state index is 13.2. The Morgan fingerprint density at radius 3 is 2.47 bits per heavy atom. The van der Waals surface area contributed by atoms with E-state index in [1.165, 1.54) is 26.2 Å². The number of esters is 1. The summed E-state index contributed by atoms with van der Waals surface area (Å²) in [5.41, 5.74) is 2.76. The molecule has 0 aliphatic carbocycles. The lowest BCUT2D eigenvalue weighted by atomic mass is 9.94. The fourth-order valence-corrected chi connectivity index (χ4v) is 3.62. The van der Waals surface area contributed by atoms with Crippen LogP contribution in [0.25, 0.3) is 0 Å². The summed E-state index contributed by atoms with van der Waals surface area (Å²) < 4.78 is 14.9. The average Bonchev–Trinajstić information content (AvgIpc) is 2.72. The van der Waals surface area contributed by atoms with Gasteiger partial charge in [0, 0.05) is 12.1 Å². The third-order valence-corrected chi connectivity index (χ3v) is 5.47. The zero-order valence-corrected chi connectivity index (χ0v) is 19.3. The second kappa shape index (κ2) is 9.22. The van der Waals surface area contributed by atoms with Crippen molar-refractivity contribution in [2.24, 2.45) is 0 Å². The van der Waals surface area contributed by atoms with Gasteiger partial charge in [0.2, 0.25) is 5.54 Å². The minimum atomic E-state index is -1.92. The number of ether oxygens (including phenoxy) is 3. The molecule has 9 heteroatoms. The van der Waals surface area contributed by atoms with Crippen molar-refractivity contribution in [3.8, 4) is 17.2 Å². The van der Waals surface area contributed by atoms with E-state index in [9.17, 15) is 14.4 Å². The van der Waals surface area contributed by atoms with E-state index >= 15 is 0 Å². The van der Waals surface area contributed by atoms with Gasteiger partial charge in [0.05, 0.1) is 27.9 Å². The number of carbonyl (C=O) groups is 3. The number of benzene rings is 1. The minimum absolute atomic E-state index is 0.165. The Hall–Kier alpha value is -2.99. The molecule has 1 atom stereocenters. The van der Waals surface area contributed by atoms with Gasteiger partial charge in [-0.15, -0.1) is 5.54 Å². The Bertz CT molecular complexity index is 899. The molecule has 1 aromatic carbocycles. The Kier molecular flexibility index (Phi) is 7.15. The maximum Gasteiger partial charge on any atom is 0.408 e. The summed E-state index contributed by atoms with van der Waals surface area (Å²) in [7, 11) is 2.01. The second-order valence-electron chi connectivity index (χ2n) is 8.01. The Morgan fingerprint density at radius 1 is 1.20 bits per heavy atom. The van der Waals surface area contributed by atoms with Gasteiger partial charge in [0.1, 0.15) is 13.8 Å². The molecule has 162 valence electrons. The molecule has 0 saturated heterocycles. The predicted octanol–water partition coefficient (Wildman–Crippen LogP) is 1.84. The maximum absolute atomic E-state index is 13.2. The highest BCUT2D eigenvalue weighted by Crippen LogP contribution is 2.25. The first-order valence-corrected chi connectivity index (χ1v) is 13.0. The SMILES string of the molecule is COC(=O)NC(C#C[Si](C)(C)C)(CN1CCc2ccc(OC)cc2C1=O)C(=O)OC. The molecule has 1 N–H and O–H groups in total. The van der Waals surface area contributed by atoms with Gasteiger partial charge in [-0.2, -0.15) is 0 Å². The van der Waals surface area contributed by atoms with Crippen molar-refractivity contribution in [3.05, 3.63) is 29.3 Å². The molecule has 1 heterocycles. The van der Waals surface area contributed by atoms with Crippen LogP contribution in [0.3, 0.4) is 0 Å². The van der Waals surface area contributed by atoms with Crippen LogP contribution < -0.4 is 10.1 Å². The highest BCUT2D eigenvalue weighted by Gasteiger charge is 2.44. The lowest BCUT2D eigenvalue weighted by Gasteiger charge is -2.35. The number of rotatable bonds is 5. The van der Waals surface area contributed by atoms with Gasteiger partial charge in [-0.05, 0) is 24.1 Å². The molecule has 0 radical (unpaired) electrons. The van der Waals surface area contributed by atoms with Gasteiger partial charge in [0.15, 0.2) is 0 Å². The van der Waals surface area contributed by atoms with E-state index < -0.39 is 25.7 Å². The highest BCUT2D eigenvalue weighted by atomic mass is 28.3. The van der Waals surface area contributed by atoms with Crippen molar-refractivity contribution in [1.82, 2.24) is 10.2 Å². The van der Waals surface area contributed by atoms with Gasteiger partial charge in [0.25, 0.3) is 5.91 Å². The number of methoxy groups -OCH3 is 3. The summed E-state index contributed by atoms with van der Waals surface area (Å²) >= 11 is 0. The Balaban J connectivity index is 2.48. The third-order valence-electron chi connectivity index (χ3n) is 4.60. The van der Waals surface area contributed by atoms with Crippen molar-refractivity contribution in [2.45, 2.75) is 31.6 Å². The number of nitrogens with zero attached hydrogens (tertiary/aromatic N) is 1. The minimum Gasteiger partial charge on any atom is -0.497 e. The van der Waals surface area contributed by atoms with Crippen molar-refractivity contribution in [1.29, 1.82) is 0 Å². The molecular formula is C21H28N2O6Si. The standard InChI is InChI=1S/C21H28N2O6Si/c1-27-16-8-7-15-9-11-23(18(24)17(15)13-16)14-21(19(25)28-2,22-20(26)29-3)10-12-30(4,5)6/h7-8,13H,9,11,14H2,1-6H3,(H,22,26). The molecule has 2 rings (SSSR count). The van der Waals surface area contributed by atoms with E-state index in [0.29, 0.717) is 24.3 Å². The molecule has 0 saturated carbocycles. The normalized spacial score (nSPS) is 15.1. The highest BCUT2D eigenvalue weighted by molar-refractivity contribution is 6.83. The van der Waals surface area contributed by atoms with Gasteiger partial charge < -0.3 is 19.1 Å². The molecule has 2 amide bonds. The van der Waals surface area contributed by atoms with E-state index in [1.807, 2.05) is 25.7 Å². The molecule has 0 aromatic heterocycles. The summed E-state index contributed by atoms with van der Waals surface area (Å²) in [4.78, 5) is 39.5. The molecule has 30 heavy (non-hydrogen) atoms. The molecule has 1 aliphatic rings. The Morgan fingerprint density at radius 2 is 1.90 bits per heavy atom. The molecule has 0 spiro atoms. The van der Waals surface area contributed by atoms with E-state index in [-0.39, 0.29) is 12.5 Å². The quantitative estimate of drug-likeness (QED) is 0.434. The monoisotopic (exact) mass is 432 g/mol. The number of carbonyl (C=O) groups excluding carboxylic acids is 3. The number of fused-ring (bicyclic) bond motifs is 1. The van der Waals surface area contributed by atoms with Crippen molar-refractivity contribution in [3.63, 3.8) is 0 Å². The molecule has 0 bridgehead atoms. The second-order valence-corrected chi connectivity index (χ2v) is 12.8. The third kappa shape index (κ3) is 5.33. The van der Waals surface area contributed by atoms with E-state index in [4.69, 9.17) is 14.2 Å². The number of hydrogen-bond acceptors (Lipinski definition) is 6. The van der Waals surface area contributed by atoms with Gasteiger partial charge in [-0.1, -0.05) is 31.6 Å². The fourth-order valence-electron chi connectivity index (χ4n) is 3.03. The molecule has 1 aliphatic heterocycles. The van der Waals surface area contributed by atoms with Crippen LogP contribution in [0.15, 0.2) is 18.2 Å². The van der Waals surface area contributed by atoms with Crippen LogP contribution in [-0.4, -0.2) is 70.9 Å². The number of alkyl carbamates (subject to hydrolysis) is 1. The smallest absolute Gasteiger partial charge is 0.408 e. The lowest BCUT2D eigenvalue weighted by molar-refractivity contribution is -0.146. The largest absolute Gasteiger partial charge is 0.497 e. The first kappa shape index (κ1) is 23.3. The van der Waals surface area contributed by atoms with Crippen LogP contribution in [0.2, 0.25) is 19.6 Å². The van der Waals surface area contributed by atoms with Crippen LogP contribution in [0.1, 0.15) is 15.9 Å². The summed E-state index contributed by atoms with van der Waals surface area (Å²) in [6.45, 7) is 6.23. The van der Waals surface area contributed by atoms with Crippen LogP contribution in [0, 0.1) is 11.5 Å². The van der Waals surface area contributed by atoms with Crippen molar-refractivity contribution >= 4 is 26.0 Å². The summed E-state index contributed by atoms with van der Waals surface area (Å²) in [5.74, 6) is 2.44. The van der Waals surface area contributed by atoms with Crippen LogP contribution in [-0.2, 0) is 20.7 Å². The van der Waals surface area contributed by atoms with Gasteiger partial charge in [-0.3, -0.25) is 10.1 Å². The van der Waals surface area contributed by atoms with Crippen LogP contribution >= 0.6 is 0 Å². The summed E-state index contributed by atoms with van der Waals surface area (Å²) in [6.07, 6.45) is -0.237. The number of hydrogen-bond donors (Lipinski definition) is 1. The summed E-state index contributed by atoms with van der Waals surface area (Å²) in [6, 6.07) is 5.33. The molecule has 1 unspecified atom stereocenters. The summed E-state index contributed by atoms with van der Waals surface area (Å²) in [5, 5.41) is 2.51. The van der Waals surface area contributed by atoms with Crippen molar-refractivity contribution in [2.75, 3.05) is 34.4 Å². The topological polar surface area (TPSA) is 94.2 Å². The van der Waals surface area contributed by atoms with Gasteiger partial charge >= 0.3 is 12.1 Å². The van der Waals surface area contributed by atoms with E-state index in [2.05, 4.69) is 16.8 Å². The fraction of sp³-hybridized carbons (Fsp3) is 0.476. The molecule has 1 aromatic rings. The van der Waals surface area contributed by atoms with Crippen LogP contribution in [0.5, 0.6) is 5.75 Å². The van der Waals surface area contributed by atoms with E-state index in [0.717, 1.165) is 5.56 Å². The van der Waals surface area contributed by atoms with Crippen LogP contribution in [0.4, 0.5) is 4.79 Å². The first-order valence-electron chi connectivity index (χ1n) is 9.50. The number of nitrogens with one attached hydrogen (secondary N) is 1. The number of amides is 2. The van der Waals surface area contributed by atoms with E-state index in [1.54, 1.807) is 12.1 Å². The molecule has 0 fully saturated rings. The lowest BCUT2D eigenvalue weighted by Crippen LogP contribution is -2.62.